The number of carbonyl (C=O) groups excluding carboxylic acids is 2. The Balaban J connectivity index is 1.63. The van der Waals surface area contributed by atoms with Crippen molar-refractivity contribution in [3.63, 3.8) is 0 Å². The highest BCUT2D eigenvalue weighted by molar-refractivity contribution is 7.17. The molecule has 1 N–H and O–H groups in total. The zero-order valence-corrected chi connectivity index (χ0v) is 16.9. The van der Waals surface area contributed by atoms with E-state index in [0.717, 1.165) is 17.4 Å². The minimum Gasteiger partial charge on any atom is -0.451 e. The van der Waals surface area contributed by atoms with Gasteiger partial charge in [-0.15, -0.1) is 11.3 Å². The van der Waals surface area contributed by atoms with Gasteiger partial charge in [-0.3, -0.25) is 9.78 Å². The Kier molecular flexibility index (Phi) is 6.37. The molecule has 1 aromatic carbocycles. The van der Waals surface area contributed by atoms with Crippen molar-refractivity contribution >= 4 is 40.5 Å². The number of amides is 1. The van der Waals surface area contributed by atoms with Gasteiger partial charge in [-0.1, -0.05) is 17.7 Å². The summed E-state index contributed by atoms with van der Waals surface area (Å²) in [7, 11) is 0. The van der Waals surface area contributed by atoms with E-state index in [0.29, 0.717) is 22.5 Å². The number of alkyl halides is 3. The van der Waals surface area contributed by atoms with Crippen LogP contribution in [0.1, 0.15) is 20.9 Å². The van der Waals surface area contributed by atoms with E-state index in [2.05, 4.69) is 15.3 Å². The molecule has 0 fully saturated rings. The Morgan fingerprint density at radius 1 is 1.23 bits per heavy atom. The summed E-state index contributed by atoms with van der Waals surface area (Å²) in [6, 6.07) is 8.20. The molecule has 6 nitrogen and oxygen atoms in total. The second kappa shape index (κ2) is 8.80. The summed E-state index contributed by atoms with van der Waals surface area (Å²) >= 11 is 6.60. The Hall–Kier alpha value is -2.98. The van der Waals surface area contributed by atoms with Crippen molar-refractivity contribution in [2.24, 2.45) is 0 Å². The first kappa shape index (κ1) is 21.7. The topological polar surface area (TPSA) is 81.2 Å². The van der Waals surface area contributed by atoms with Gasteiger partial charge in [0.2, 0.25) is 0 Å². The SMILES string of the molecule is Cc1nc(-c2ccccn2)sc1C(=O)OCC(=O)Nc1ccc(Cl)c(C(F)(F)F)c1. The van der Waals surface area contributed by atoms with Crippen LogP contribution in [0.4, 0.5) is 18.9 Å². The number of hydrogen-bond donors (Lipinski definition) is 1. The third kappa shape index (κ3) is 5.14. The molecular formula is C19H13ClF3N3O3S. The molecule has 0 saturated heterocycles. The quantitative estimate of drug-likeness (QED) is 0.549. The maximum absolute atomic E-state index is 12.9. The second-order valence-corrected chi connectivity index (χ2v) is 7.37. The number of aromatic nitrogens is 2. The molecule has 3 aromatic rings. The fourth-order valence-electron chi connectivity index (χ4n) is 2.40. The zero-order chi connectivity index (χ0) is 21.9. The van der Waals surface area contributed by atoms with Crippen LogP contribution in [0.15, 0.2) is 42.6 Å². The molecule has 0 bridgehead atoms. The molecule has 0 saturated carbocycles. The Morgan fingerprint density at radius 3 is 2.67 bits per heavy atom. The van der Waals surface area contributed by atoms with Gasteiger partial charge >= 0.3 is 12.1 Å². The zero-order valence-electron chi connectivity index (χ0n) is 15.3. The molecule has 3 rings (SSSR count). The third-order valence-corrected chi connectivity index (χ3v) is 5.25. The maximum Gasteiger partial charge on any atom is 0.417 e. The van der Waals surface area contributed by atoms with Crippen molar-refractivity contribution < 1.29 is 27.5 Å². The van der Waals surface area contributed by atoms with Gasteiger partial charge in [0, 0.05) is 11.9 Å². The van der Waals surface area contributed by atoms with E-state index in [1.165, 1.54) is 6.07 Å². The van der Waals surface area contributed by atoms with E-state index in [1.54, 1.807) is 31.3 Å². The summed E-state index contributed by atoms with van der Waals surface area (Å²) in [5, 5.41) is 2.27. The Bertz CT molecular complexity index is 1090. The predicted molar refractivity (Wildman–Crippen MR) is 105 cm³/mol. The lowest BCUT2D eigenvalue weighted by molar-refractivity contribution is -0.137. The first-order valence-corrected chi connectivity index (χ1v) is 9.57. The monoisotopic (exact) mass is 455 g/mol. The molecule has 1 amide bonds. The van der Waals surface area contributed by atoms with Gasteiger partial charge < -0.3 is 10.1 Å². The predicted octanol–water partition coefficient (Wildman–Crippen LogP) is 4.98. The van der Waals surface area contributed by atoms with Crippen LogP contribution >= 0.6 is 22.9 Å². The van der Waals surface area contributed by atoms with Crippen molar-refractivity contribution in [2.75, 3.05) is 11.9 Å². The normalized spacial score (nSPS) is 11.2. The highest BCUT2D eigenvalue weighted by Crippen LogP contribution is 2.36. The number of hydrogen-bond acceptors (Lipinski definition) is 6. The van der Waals surface area contributed by atoms with Crippen LogP contribution < -0.4 is 5.32 Å². The lowest BCUT2D eigenvalue weighted by Gasteiger charge is -2.11. The van der Waals surface area contributed by atoms with Crippen LogP contribution in [0, 0.1) is 6.92 Å². The summed E-state index contributed by atoms with van der Waals surface area (Å²) in [5.41, 5.74) is -0.204. The summed E-state index contributed by atoms with van der Waals surface area (Å²) in [6.45, 7) is 0.936. The number of halogens is 4. The van der Waals surface area contributed by atoms with Crippen molar-refractivity contribution in [1.29, 1.82) is 0 Å². The summed E-state index contributed by atoms with van der Waals surface area (Å²) < 4.78 is 43.6. The fraction of sp³-hybridized carbons (Fsp3) is 0.158. The van der Waals surface area contributed by atoms with Gasteiger partial charge in [0.1, 0.15) is 9.88 Å². The van der Waals surface area contributed by atoms with Crippen molar-refractivity contribution in [2.45, 2.75) is 13.1 Å². The maximum atomic E-state index is 12.9. The molecule has 0 aliphatic carbocycles. The average Bonchev–Trinajstić information content (AvgIpc) is 3.09. The lowest BCUT2D eigenvalue weighted by Crippen LogP contribution is -2.21. The number of pyridine rings is 1. The summed E-state index contributed by atoms with van der Waals surface area (Å²) in [4.78, 5) is 32.9. The largest absolute Gasteiger partial charge is 0.451 e. The minimum absolute atomic E-state index is 0.126. The Morgan fingerprint density at radius 2 is 2.00 bits per heavy atom. The number of ether oxygens (including phenoxy) is 1. The molecular weight excluding hydrogens is 443 g/mol. The van der Waals surface area contributed by atoms with Crippen LogP contribution in [0.25, 0.3) is 10.7 Å². The van der Waals surface area contributed by atoms with Gasteiger partial charge in [0.25, 0.3) is 5.91 Å². The van der Waals surface area contributed by atoms with Gasteiger partial charge in [-0.2, -0.15) is 13.2 Å². The van der Waals surface area contributed by atoms with Crippen molar-refractivity contribution in [1.82, 2.24) is 9.97 Å². The number of thiazole rings is 1. The van der Waals surface area contributed by atoms with Crippen molar-refractivity contribution in [3.05, 3.63) is 63.8 Å². The van der Waals surface area contributed by atoms with Crippen LogP contribution in [0.2, 0.25) is 5.02 Å². The Labute approximate surface area is 177 Å². The molecule has 30 heavy (non-hydrogen) atoms. The first-order valence-electron chi connectivity index (χ1n) is 8.37. The van der Waals surface area contributed by atoms with Gasteiger partial charge in [0.15, 0.2) is 6.61 Å². The molecule has 2 aromatic heterocycles. The van der Waals surface area contributed by atoms with E-state index in [-0.39, 0.29) is 10.6 Å². The molecule has 0 atom stereocenters. The summed E-state index contributed by atoms with van der Waals surface area (Å²) in [6.07, 6.45) is -3.07. The molecule has 0 aliphatic rings. The number of carbonyl (C=O) groups is 2. The summed E-state index contributed by atoms with van der Waals surface area (Å²) in [5.74, 6) is -1.57. The number of aryl methyl sites for hydroxylation is 1. The minimum atomic E-state index is -4.67. The number of nitrogens with one attached hydrogen (secondary N) is 1. The van der Waals surface area contributed by atoms with Gasteiger partial charge in [0.05, 0.1) is 22.0 Å². The van der Waals surface area contributed by atoms with E-state index in [4.69, 9.17) is 16.3 Å². The second-order valence-electron chi connectivity index (χ2n) is 5.97. The average molecular weight is 456 g/mol. The van der Waals surface area contributed by atoms with Crippen molar-refractivity contribution in [3.8, 4) is 10.7 Å². The molecule has 0 aliphatic heterocycles. The van der Waals surface area contributed by atoms with E-state index >= 15 is 0 Å². The number of anilines is 1. The third-order valence-electron chi connectivity index (χ3n) is 3.76. The van der Waals surface area contributed by atoms with E-state index in [1.807, 2.05) is 0 Å². The van der Waals surface area contributed by atoms with E-state index < -0.39 is 35.2 Å². The number of esters is 1. The van der Waals surface area contributed by atoms with Crippen LogP contribution in [0.3, 0.4) is 0 Å². The molecule has 0 unspecified atom stereocenters. The molecule has 0 spiro atoms. The van der Waals surface area contributed by atoms with Gasteiger partial charge in [-0.25, -0.2) is 9.78 Å². The highest BCUT2D eigenvalue weighted by Gasteiger charge is 2.33. The molecule has 11 heteroatoms. The van der Waals surface area contributed by atoms with Crippen LogP contribution in [0.5, 0.6) is 0 Å². The number of rotatable bonds is 5. The number of nitrogens with zero attached hydrogens (tertiary/aromatic N) is 2. The molecule has 2 heterocycles. The first-order chi connectivity index (χ1) is 14.1. The smallest absolute Gasteiger partial charge is 0.417 e. The fourth-order valence-corrected chi connectivity index (χ4v) is 3.56. The lowest BCUT2D eigenvalue weighted by atomic mass is 10.2. The molecule has 0 radical (unpaired) electrons. The van der Waals surface area contributed by atoms with Crippen LogP contribution in [-0.4, -0.2) is 28.5 Å². The highest BCUT2D eigenvalue weighted by atomic mass is 35.5. The number of benzene rings is 1. The molecule has 156 valence electrons. The van der Waals surface area contributed by atoms with E-state index in [9.17, 15) is 22.8 Å². The van der Waals surface area contributed by atoms with Crippen LogP contribution in [-0.2, 0) is 15.7 Å². The standard InChI is InChI=1S/C19H13ClF3N3O3S/c1-10-16(30-17(25-10)14-4-2-3-7-24-14)18(28)29-9-15(27)26-11-5-6-13(20)12(8-11)19(21,22)23/h2-8H,9H2,1H3,(H,26,27). The van der Waals surface area contributed by atoms with Gasteiger partial charge in [-0.05, 0) is 37.3 Å².